The lowest BCUT2D eigenvalue weighted by Gasteiger charge is -2.18. The van der Waals surface area contributed by atoms with E-state index >= 15 is 0 Å². The Kier molecular flexibility index (Phi) is 7.07. The van der Waals surface area contributed by atoms with Gasteiger partial charge in [0.1, 0.15) is 12.2 Å². The summed E-state index contributed by atoms with van der Waals surface area (Å²) in [6.45, 7) is 7.28. The van der Waals surface area contributed by atoms with Gasteiger partial charge >= 0.3 is 11.9 Å². The Hall–Kier alpha value is -3.61. The average molecular weight is 423 g/mol. The molecule has 0 aliphatic heterocycles. The number of ether oxygens (including phenoxy) is 4. The van der Waals surface area contributed by atoms with Crippen molar-refractivity contribution in [3.05, 3.63) is 59.8 Å². The summed E-state index contributed by atoms with van der Waals surface area (Å²) in [7, 11) is 0. The number of carbonyl (C=O) groups is 2. The Balaban J connectivity index is 2.10. The van der Waals surface area contributed by atoms with Crippen LogP contribution in [0.2, 0.25) is 0 Å². The minimum Gasteiger partial charge on any atom is -0.487 e. The van der Waals surface area contributed by atoms with Crippen molar-refractivity contribution >= 4 is 22.8 Å². The zero-order valence-electron chi connectivity index (χ0n) is 18.0. The molecule has 0 saturated carbocycles. The number of rotatable bonds is 8. The second-order valence-electron chi connectivity index (χ2n) is 7.07. The van der Waals surface area contributed by atoms with Crippen molar-refractivity contribution in [3.8, 4) is 17.2 Å². The molecule has 0 unspecified atom stereocenters. The van der Waals surface area contributed by atoms with Crippen LogP contribution >= 0.6 is 0 Å². The van der Waals surface area contributed by atoms with E-state index in [1.807, 2.05) is 44.2 Å². The highest BCUT2D eigenvalue weighted by Gasteiger charge is 2.22. The molecule has 7 nitrogen and oxygen atoms in total. The lowest BCUT2D eigenvalue weighted by atomic mass is 10.1. The van der Waals surface area contributed by atoms with Gasteiger partial charge in [0.05, 0.1) is 18.2 Å². The SMILES string of the molecule is CCOC(=O)c1cnc2cc(OCc3ccccc3)c(OC(C)C)cc2c1OC(C)=O. The molecule has 0 spiro atoms. The number of aromatic nitrogens is 1. The molecule has 2 aromatic carbocycles. The van der Waals surface area contributed by atoms with Gasteiger partial charge in [0.2, 0.25) is 0 Å². The molecule has 3 rings (SSSR count). The molecule has 1 heterocycles. The van der Waals surface area contributed by atoms with E-state index in [0.29, 0.717) is 29.0 Å². The molecule has 0 fully saturated rings. The third-order valence-corrected chi connectivity index (χ3v) is 4.23. The predicted molar refractivity (Wildman–Crippen MR) is 116 cm³/mol. The summed E-state index contributed by atoms with van der Waals surface area (Å²) >= 11 is 0. The molecule has 0 aliphatic carbocycles. The first-order valence-electron chi connectivity index (χ1n) is 10.0. The van der Waals surface area contributed by atoms with E-state index in [1.165, 1.54) is 13.1 Å². The van der Waals surface area contributed by atoms with E-state index in [0.717, 1.165) is 5.56 Å². The van der Waals surface area contributed by atoms with Gasteiger partial charge in [-0.25, -0.2) is 4.79 Å². The van der Waals surface area contributed by atoms with Gasteiger partial charge in [0.25, 0.3) is 0 Å². The van der Waals surface area contributed by atoms with Crippen LogP contribution in [0.4, 0.5) is 0 Å². The first-order valence-corrected chi connectivity index (χ1v) is 10.0. The number of fused-ring (bicyclic) bond motifs is 1. The third-order valence-electron chi connectivity index (χ3n) is 4.23. The minimum absolute atomic E-state index is 0.0676. The van der Waals surface area contributed by atoms with Crippen LogP contribution in [0.5, 0.6) is 17.2 Å². The van der Waals surface area contributed by atoms with Crippen LogP contribution in [0.3, 0.4) is 0 Å². The summed E-state index contributed by atoms with van der Waals surface area (Å²) in [6.07, 6.45) is 1.21. The number of pyridine rings is 1. The molecule has 31 heavy (non-hydrogen) atoms. The third kappa shape index (κ3) is 5.51. The van der Waals surface area contributed by atoms with Crippen LogP contribution < -0.4 is 14.2 Å². The minimum atomic E-state index is -0.621. The van der Waals surface area contributed by atoms with Gasteiger partial charge in [-0.15, -0.1) is 0 Å². The highest BCUT2D eigenvalue weighted by atomic mass is 16.5. The van der Waals surface area contributed by atoms with Crippen molar-refractivity contribution < 1.29 is 28.5 Å². The van der Waals surface area contributed by atoms with Gasteiger partial charge in [0, 0.05) is 24.6 Å². The largest absolute Gasteiger partial charge is 0.487 e. The fourth-order valence-electron chi connectivity index (χ4n) is 2.98. The summed E-state index contributed by atoms with van der Waals surface area (Å²) in [5.74, 6) is -0.151. The van der Waals surface area contributed by atoms with Crippen LogP contribution in [-0.4, -0.2) is 29.6 Å². The molecular formula is C24H25NO6. The molecule has 0 atom stereocenters. The smallest absolute Gasteiger partial charge is 0.343 e. The van der Waals surface area contributed by atoms with Gasteiger partial charge in [-0.1, -0.05) is 30.3 Å². The van der Waals surface area contributed by atoms with Crippen LogP contribution in [0.15, 0.2) is 48.7 Å². The molecule has 0 bridgehead atoms. The standard InChI is InChI=1S/C24H25NO6/c1-5-28-24(27)19-13-25-20-12-21(29-14-17-9-7-6-8-10-17)22(30-15(2)3)11-18(20)23(19)31-16(4)26/h6-13,15H,5,14H2,1-4H3. The Morgan fingerprint density at radius 3 is 2.45 bits per heavy atom. The number of esters is 2. The number of benzene rings is 2. The molecule has 1 aromatic heterocycles. The monoisotopic (exact) mass is 423 g/mol. The van der Waals surface area contributed by atoms with Gasteiger partial charge in [-0.3, -0.25) is 9.78 Å². The van der Waals surface area contributed by atoms with Crippen molar-refractivity contribution in [3.63, 3.8) is 0 Å². The summed E-state index contributed by atoms with van der Waals surface area (Å²) in [6, 6.07) is 13.1. The maximum Gasteiger partial charge on any atom is 0.343 e. The van der Waals surface area contributed by atoms with Gasteiger partial charge in [-0.2, -0.15) is 0 Å². The van der Waals surface area contributed by atoms with Crippen molar-refractivity contribution in [2.45, 2.75) is 40.4 Å². The van der Waals surface area contributed by atoms with Gasteiger partial charge in [-0.05, 0) is 32.4 Å². The maximum atomic E-state index is 12.4. The van der Waals surface area contributed by atoms with E-state index in [9.17, 15) is 9.59 Å². The first kappa shape index (κ1) is 22.1. The van der Waals surface area contributed by atoms with Crippen molar-refractivity contribution in [1.29, 1.82) is 0 Å². The molecule has 0 radical (unpaired) electrons. The van der Waals surface area contributed by atoms with E-state index < -0.39 is 11.9 Å². The number of nitrogens with zero attached hydrogens (tertiary/aromatic N) is 1. The van der Waals surface area contributed by atoms with Gasteiger partial charge in [0.15, 0.2) is 17.2 Å². The normalized spacial score (nSPS) is 10.7. The van der Waals surface area contributed by atoms with Gasteiger partial charge < -0.3 is 18.9 Å². The zero-order chi connectivity index (χ0) is 22.4. The molecule has 7 heteroatoms. The molecule has 162 valence electrons. The fourth-order valence-corrected chi connectivity index (χ4v) is 2.98. The summed E-state index contributed by atoms with van der Waals surface area (Å²) in [5.41, 5.74) is 1.56. The Morgan fingerprint density at radius 1 is 1.06 bits per heavy atom. The topological polar surface area (TPSA) is 84.0 Å². The highest BCUT2D eigenvalue weighted by molar-refractivity contribution is 6.01. The molecular weight excluding hydrogens is 398 g/mol. The number of hydrogen-bond acceptors (Lipinski definition) is 7. The van der Waals surface area contributed by atoms with Crippen LogP contribution in [-0.2, 0) is 16.1 Å². The van der Waals surface area contributed by atoms with E-state index in [2.05, 4.69) is 4.98 Å². The number of carbonyl (C=O) groups excluding carboxylic acids is 2. The summed E-state index contributed by atoms with van der Waals surface area (Å²) in [4.78, 5) is 28.5. The predicted octanol–water partition coefficient (Wildman–Crippen LogP) is 4.70. The lowest BCUT2D eigenvalue weighted by molar-refractivity contribution is -0.131. The Bertz CT molecular complexity index is 1080. The van der Waals surface area contributed by atoms with E-state index in [1.54, 1.807) is 19.1 Å². The molecule has 0 saturated heterocycles. The molecule has 0 aliphatic rings. The van der Waals surface area contributed by atoms with E-state index in [-0.39, 0.29) is 24.0 Å². The van der Waals surface area contributed by atoms with Crippen LogP contribution in [0, 0.1) is 0 Å². The van der Waals surface area contributed by atoms with Crippen molar-refractivity contribution in [2.24, 2.45) is 0 Å². The fraction of sp³-hybridized carbons (Fsp3) is 0.292. The highest BCUT2D eigenvalue weighted by Crippen LogP contribution is 2.38. The Morgan fingerprint density at radius 2 is 1.81 bits per heavy atom. The summed E-state index contributed by atoms with van der Waals surface area (Å²) < 4.78 is 22.4. The Labute approximate surface area is 180 Å². The van der Waals surface area contributed by atoms with Crippen molar-refractivity contribution in [2.75, 3.05) is 6.61 Å². The molecule has 0 N–H and O–H groups in total. The zero-order valence-corrected chi connectivity index (χ0v) is 18.0. The maximum absolute atomic E-state index is 12.4. The van der Waals surface area contributed by atoms with E-state index in [4.69, 9.17) is 18.9 Å². The second kappa shape index (κ2) is 9.93. The quantitative estimate of drug-likeness (QED) is 0.486. The van der Waals surface area contributed by atoms with Crippen LogP contribution in [0.1, 0.15) is 43.6 Å². The second-order valence-corrected chi connectivity index (χ2v) is 7.07. The van der Waals surface area contributed by atoms with Crippen molar-refractivity contribution in [1.82, 2.24) is 4.98 Å². The average Bonchev–Trinajstić information content (AvgIpc) is 2.73. The lowest BCUT2D eigenvalue weighted by Crippen LogP contribution is -2.12. The molecule has 3 aromatic rings. The molecule has 0 amide bonds. The van der Waals surface area contributed by atoms with Crippen LogP contribution in [0.25, 0.3) is 10.9 Å². The summed E-state index contributed by atoms with van der Waals surface area (Å²) in [5, 5.41) is 0.448. The number of hydrogen-bond donors (Lipinski definition) is 0. The first-order chi connectivity index (χ1) is 14.9.